The van der Waals surface area contributed by atoms with Gasteiger partial charge in [0.2, 0.25) is 0 Å². The Hall–Kier alpha value is 0.157. The van der Waals surface area contributed by atoms with Crippen molar-refractivity contribution in [2.24, 2.45) is 0 Å². The molecule has 0 saturated carbocycles. The topological polar surface area (TPSA) is 35.5 Å². The van der Waals surface area contributed by atoms with E-state index in [-0.39, 0.29) is 5.12 Å². The van der Waals surface area contributed by atoms with Crippen LogP contribution in [0.25, 0.3) is 0 Å². The lowest BCUT2D eigenvalue weighted by molar-refractivity contribution is -0.109. The van der Waals surface area contributed by atoms with Crippen LogP contribution in [0.3, 0.4) is 0 Å². The maximum atomic E-state index is 10.6. The molecule has 0 aromatic carbocycles. The highest BCUT2D eigenvalue weighted by molar-refractivity contribution is 8.37. The van der Waals surface area contributed by atoms with Crippen LogP contribution in [-0.4, -0.2) is 27.0 Å². The van der Waals surface area contributed by atoms with Crippen LogP contribution in [0.15, 0.2) is 0 Å². The molecule has 0 aliphatic carbocycles. The third kappa shape index (κ3) is 3.36. The van der Waals surface area contributed by atoms with E-state index in [0.29, 0.717) is 0 Å². The van der Waals surface area contributed by atoms with Gasteiger partial charge in [-0.1, -0.05) is 11.2 Å². The van der Waals surface area contributed by atoms with Crippen molar-refractivity contribution in [1.29, 1.82) is 0 Å². The van der Waals surface area contributed by atoms with E-state index in [4.69, 9.17) is 8.85 Å². The predicted molar refractivity (Wildman–Crippen MR) is 43.9 cm³/mol. The fourth-order valence-corrected chi connectivity index (χ4v) is 3.35. The standard InChI is InChI=1S/C5H12O3SSi/c1-5(6)9-10(4,7-2)8-3/h1-4H3. The van der Waals surface area contributed by atoms with Gasteiger partial charge >= 0.3 is 7.71 Å². The van der Waals surface area contributed by atoms with E-state index < -0.39 is 7.71 Å². The predicted octanol–water partition coefficient (Wildman–Crippen LogP) is 1.13. The van der Waals surface area contributed by atoms with Crippen LogP contribution in [0.1, 0.15) is 6.92 Å². The molecule has 0 heterocycles. The van der Waals surface area contributed by atoms with Gasteiger partial charge in [-0.25, -0.2) is 0 Å². The highest BCUT2D eigenvalue weighted by atomic mass is 32.4. The third-order valence-corrected chi connectivity index (χ3v) is 6.19. The molecular weight excluding hydrogens is 168 g/mol. The van der Waals surface area contributed by atoms with E-state index in [9.17, 15) is 4.79 Å². The Bertz CT molecular complexity index is 124. The maximum absolute atomic E-state index is 10.6. The molecule has 0 aromatic rings. The molecule has 0 N–H and O–H groups in total. The zero-order valence-electron chi connectivity index (χ0n) is 6.63. The Morgan fingerprint density at radius 2 is 1.80 bits per heavy atom. The zero-order valence-corrected chi connectivity index (χ0v) is 8.45. The lowest BCUT2D eigenvalue weighted by Crippen LogP contribution is -2.33. The smallest absolute Gasteiger partial charge is 0.390 e. The summed E-state index contributed by atoms with van der Waals surface area (Å²) in [5.74, 6) is 0. The quantitative estimate of drug-likeness (QED) is 0.610. The molecule has 0 aromatic heterocycles. The molecule has 5 heteroatoms. The summed E-state index contributed by atoms with van der Waals surface area (Å²) in [6, 6.07) is 0. The molecule has 0 rings (SSSR count). The first-order chi connectivity index (χ1) is 4.54. The van der Waals surface area contributed by atoms with Gasteiger partial charge in [0.1, 0.15) is 0 Å². The zero-order chi connectivity index (χ0) is 8.20. The second-order valence-corrected chi connectivity index (χ2v) is 8.02. The van der Waals surface area contributed by atoms with Gasteiger partial charge in [0.05, 0.1) is 0 Å². The monoisotopic (exact) mass is 180 g/mol. The number of rotatable bonds is 3. The molecule has 0 bridgehead atoms. The van der Waals surface area contributed by atoms with Gasteiger partial charge in [-0.15, -0.1) is 0 Å². The Morgan fingerprint density at radius 3 is 1.90 bits per heavy atom. The van der Waals surface area contributed by atoms with Gasteiger partial charge in [0.25, 0.3) is 0 Å². The average molecular weight is 180 g/mol. The van der Waals surface area contributed by atoms with Gasteiger partial charge < -0.3 is 8.85 Å². The van der Waals surface area contributed by atoms with E-state index in [0.717, 1.165) is 11.2 Å². The second-order valence-electron chi connectivity index (χ2n) is 1.86. The van der Waals surface area contributed by atoms with E-state index in [1.807, 2.05) is 6.55 Å². The number of carbonyl (C=O) groups is 1. The van der Waals surface area contributed by atoms with Gasteiger partial charge in [-0.3, -0.25) is 4.79 Å². The van der Waals surface area contributed by atoms with Crippen LogP contribution >= 0.6 is 11.2 Å². The number of carbonyl (C=O) groups excluding carboxylic acids is 1. The molecule has 0 saturated heterocycles. The fourth-order valence-electron chi connectivity index (χ4n) is 0.428. The van der Waals surface area contributed by atoms with Crippen molar-refractivity contribution in [3.05, 3.63) is 0 Å². The minimum atomic E-state index is -2.19. The average Bonchev–Trinajstić information content (AvgIpc) is 1.87. The first-order valence-corrected chi connectivity index (χ1v) is 6.69. The van der Waals surface area contributed by atoms with Gasteiger partial charge in [-0.05, 0) is 6.55 Å². The summed E-state index contributed by atoms with van der Waals surface area (Å²) in [5.41, 5.74) is 0. The van der Waals surface area contributed by atoms with Crippen LogP contribution in [0, 0.1) is 0 Å². The molecule has 0 unspecified atom stereocenters. The molecule has 0 aliphatic heterocycles. The van der Waals surface area contributed by atoms with Crippen LogP contribution < -0.4 is 0 Å². The minimum Gasteiger partial charge on any atom is -0.390 e. The molecule has 0 spiro atoms. The highest BCUT2D eigenvalue weighted by Gasteiger charge is 2.32. The second kappa shape index (κ2) is 4.12. The fraction of sp³-hybridized carbons (Fsp3) is 0.800. The summed E-state index contributed by atoms with van der Waals surface area (Å²) in [7, 11) is 0.929. The Kier molecular flexibility index (Phi) is 4.19. The van der Waals surface area contributed by atoms with Crippen molar-refractivity contribution in [3.63, 3.8) is 0 Å². The summed E-state index contributed by atoms with van der Waals surface area (Å²) in [6.07, 6.45) is 0. The summed E-state index contributed by atoms with van der Waals surface area (Å²) < 4.78 is 10.1. The van der Waals surface area contributed by atoms with Crippen LogP contribution in [0.4, 0.5) is 0 Å². The third-order valence-electron chi connectivity index (χ3n) is 1.07. The van der Waals surface area contributed by atoms with E-state index >= 15 is 0 Å². The van der Waals surface area contributed by atoms with Gasteiger partial charge in [0.15, 0.2) is 5.12 Å². The normalized spacial score (nSPS) is 11.6. The number of hydrogen-bond acceptors (Lipinski definition) is 4. The van der Waals surface area contributed by atoms with Crippen molar-refractivity contribution < 1.29 is 13.6 Å². The van der Waals surface area contributed by atoms with Crippen molar-refractivity contribution in [2.45, 2.75) is 13.5 Å². The molecule has 0 radical (unpaired) electrons. The Balaban J connectivity index is 3.92. The summed E-state index contributed by atoms with van der Waals surface area (Å²) >= 11 is 1.16. The molecule has 60 valence electrons. The first-order valence-electron chi connectivity index (χ1n) is 2.84. The molecule has 3 nitrogen and oxygen atoms in total. The van der Waals surface area contributed by atoms with Gasteiger partial charge in [-0.2, -0.15) is 0 Å². The van der Waals surface area contributed by atoms with E-state index in [1.165, 1.54) is 6.92 Å². The molecular formula is C5H12O3SSi. The molecule has 10 heavy (non-hydrogen) atoms. The molecule has 0 amide bonds. The maximum Gasteiger partial charge on any atom is 0.409 e. The van der Waals surface area contributed by atoms with Crippen molar-refractivity contribution in [3.8, 4) is 0 Å². The summed E-state index contributed by atoms with van der Waals surface area (Å²) in [5, 5.41) is 0.0397. The Morgan fingerprint density at radius 1 is 1.40 bits per heavy atom. The lowest BCUT2D eigenvalue weighted by Gasteiger charge is -2.19. The molecule has 0 aliphatic rings. The lowest BCUT2D eigenvalue weighted by atomic mass is 10.9. The summed E-state index contributed by atoms with van der Waals surface area (Å²) in [6.45, 7) is 3.34. The first kappa shape index (κ1) is 10.2. The van der Waals surface area contributed by atoms with Gasteiger partial charge in [0, 0.05) is 21.1 Å². The Labute approximate surface area is 66.0 Å². The molecule has 0 fully saturated rings. The van der Waals surface area contributed by atoms with Crippen LogP contribution in [-0.2, 0) is 13.6 Å². The minimum absolute atomic E-state index is 0.0397. The van der Waals surface area contributed by atoms with Crippen molar-refractivity contribution in [2.75, 3.05) is 14.2 Å². The van der Waals surface area contributed by atoms with Crippen LogP contribution in [0.5, 0.6) is 0 Å². The largest absolute Gasteiger partial charge is 0.409 e. The van der Waals surface area contributed by atoms with Crippen LogP contribution in [0.2, 0.25) is 6.55 Å². The highest BCUT2D eigenvalue weighted by Crippen LogP contribution is 2.21. The number of hydrogen-bond donors (Lipinski definition) is 0. The van der Waals surface area contributed by atoms with E-state index in [2.05, 4.69) is 0 Å². The summed E-state index contributed by atoms with van der Waals surface area (Å²) in [4.78, 5) is 10.6. The van der Waals surface area contributed by atoms with E-state index in [1.54, 1.807) is 14.2 Å². The van der Waals surface area contributed by atoms with Crippen molar-refractivity contribution >= 4 is 24.0 Å². The van der Waals surface area contributed by atoms with Crippen molar-refractivity contribution in [1.82, 2.24) is 0 Å². The molecule has 0 atom stereocenters. The SMILES string of the molecule is CO[Si](C)(OC)SC(C)=O.